The molecular weight excluding hydrogens is 244 g/mol. The molecule has 0 spiro atoms. The van der Waals surface area contributed by atoms with Gasteiger partial charge in [0.05, 0.1) is 0 Å². The quantitative estimate of drug-likeness (QED) is 0.802. The van der Waals surface area contributed by atoms with E-state index >= 15 is 0 Å². The first-order valence-corrected chi connectivity index (χ1v) is 7.24. The fourth-order valence-corrected chi connectivity index (χ4v) is 2.57. The summed E-state index contributed by atoms with van der Waals surface area (Å²) in [5.74, 6) is 0. The number of anilines is 1. The molecule has 0 aliphatic carbocycles. The first-order chi connectivity index (χ1) is 8.65. The van der Waals surface area contributed by atoms with E-state index in [1.54, 1.807) is 0 Å². The van der Waals surface area contributed by atoms with E-state index in [1.165, 1.54) is 11.3 Å². The molecule has 0 aliphatic rings. The summed E-state index contributed by atoms with van der Waals surface area (Å²) in [5.41, 5.74) is 2.45. The van der Waals surface area contributed by atoms with E-state index in [0.29, 0.717) is 6.04 Å². The van der Waals surface area contributed by atoms with Crippen molar-refractivity contribution in [2.75, 3.05) is 18.5 Å². The average molecular weight is 269 g/mol. The van der Waals surface area contributed by atoms with E-state index in [1.807, 2.05) is 12.1 Å². The molecule has 0 aromatic heterocycles. The van der Waals surface area contributed by atoms with Crippen molar-refractivity contribution in [3.8, 4) is 0 Å². The second-order valence-corrected chi connectivity index (χ2v) is 5.01. The zero-order chi connectivity index (χ0) is 13.5. The summed E-state index contributed by atoms with van der Waals surface area (Å²) in [5, 5.41) is 4.22. The smallest absolute Gasteiger partial charge is 0.0471 e. The molecule has 1 aromatic carbocycles. The topological polar surface area (TPSA) is 15.3 Å². The number of benzene rings is 1. The van der Waals surface area contributed by atoms with Crippen LogP contribution in [-0.2, 0) is 6.54 Å². The molecule has 0 heterocycles. The summed E-state index contributed by atoms with van der Waals surface area (Å²) in [6, 6.07) is 6.74. The summed E-state index contributed by atoms with van der Waals surface area (Å²) in [6.45, 7) is 8.37. The molecule has 0 saturated heterocycles. The monoisotopic (exact) mass is 268 g/mol. The second-order valence-electron chi connectivity index (χ2n) is 4.60. The molecular formula is C15H25ClN2. The molecule has 0 atom stereocenters. The Kier molecular flexibility index (Phi) is 6.51. The molecule has 0 bridgehead atoms. The number of hydrogen-bond donors (Lipinski definition) is 1. The van der Waals surface area contributed by atoms with Crippen LogP contribution in [0, 0.1) is 0 Å². The van der Waals surface area contributed by atoms with Gasteiger partial charge in [0.15, 0.2) is 0 Å². The maximum absolute atomic E-state index is 6.33. The van der Waals surface area contributed by atoms with Crippen LogP contribution < -0.4 is 10.2 Å². The van der Waals surface area contributed by atoms with Crippen LogP contribution in [0.3, 0.4) is 0 Å². The number of halogens is 1. The predicted molar refractivity (Wildman–Crippen MR) is 81.6 cm³/mol. The minimum atomic E-state index is 0.573. The fourth-order valence-electron chi connectivity index (χ4n) is 2.34. The lowest BCUT2D eigenvalue weighted by Gasteiger charge is -2.30. The van der Waals surface area contributed by atoms with Crippen LogP contribution in [0.5, 0.6) is 0 Å². The Hall–Kier alpha value is -0.730. The van der Waals surface area contributed by atoms with Gasteiger partial charge >= 0.3 is 0 Å². The molecule has 18 heavy (non-hydrogen) atoms. The van der Waals surface area contributed by atoms with Crippen LogP contribution in [-0.4, -0.2) is 19.6 Å². The first kappa shape index (κ1) is 15.3. The molecule has 1 N–H and O–H groups in total. The van der Waals surface area contributed by atoms with Gasteiger partial charge in [-0.15, -0.1) is 0 Å². The zero-order valence-electron chi connectivity index (χ0n) is 12.0. The Balaban J connectivity index is 3.02. The van der Waals surface area contributed by atoms with Gasteiger partial charge in [0, 0.05) is 35.9 Å². The number of rotatable bonds is 7. The molecule has 0 fully saturated rings. The molecule has 0 saturated carbocycles. The Morgan fingerprint density at radius 3 is 2.44 bits per heavy atom. The van der Waals surface area contributed by atoms with E-state index in [-0.39, 0.29) is 0 Å². The van der Waals surface area contributed by atoms with E-state index in [0.717, 1.165) is 31.0 Å². The van der Waals surface area contributed by atoms with Crippen LogP contribution in [0.1, 0.15) is 39.2 Å². The Morgan fingerprint density at radius 1 is 1.22 bits per heavy atom. The third kappa shape index (κ3) is 3.63. The van der Waals surface area contributed by atoms with Gasteiger partial charge in [-0.05, 0) is 31.5 Å². The van der Waals surface area contributed by atoms with Gasteiger partial charge < -0.3 is 10.2 Å². The highest BCUT2D eigenvalue weighted by Gasteiger charge is 2.15. The number of hydrogen-bond acceptors (Lipinski definition) is 2. The number of nitrogens with one attached hydrogen (secondary N) is 1. The standard InChI is InChI=1S/C15H25ClN2/c1-5-12(6-2)18(4)15-10-8-9-14(16)13(15)11-17-7-3/h8-10,12,17H,5-7,11H2,1-4H3. The van der Waals surface area contributed by atoms with Crippen molar-refractivity contribution in [3.63, 3.8) is 0 Å². The Bertz CT molecular complexity index is 362. The largest absolute Gasteiger partial charge is 0.371 e. The van der Waals surface area contributed by atoms with Crippen molar-refractivity contribution in [1.29, 1.82) is 0 Å². The van der Waals surface area contributed by atoms with Gasteiger partial charge in [-0.1, -0.05) is 38.4 Å². The van der Waals surface area contributed by atoms with Crippen LogP contribution in [0.2, 0.25) is 5.02 Å². The summed E-state index contributed by atoms with van der Waals surface area (Å²) in [7, 11) is 2.17. The van der Waals surface area contributed by atoms with Crippen LogP contribution in [0.15, 0.2) is 18.2 Å². The van der Waals surface area contributed by atoms with Gasteiger partial charge in [0.25, 0.3) is 0 Å². The molecule has 0 unspecified atom stereocenters. The van der Waals surface area contributed by atoms with Crippen LogP contribution >= 0.6 is 11.6 Å². The molecule has 1 aromatic rings. The van der Waals surface area contributed by atoms with Crippen molar-refractivity contribution in [2.24, 2.45) is 0 Å². The van der Waals surface area contributed by atoms with E-state index in [4.69, 9.17) is 11.6 Å². The minimum Gasteiger partial charge on any atom is -0.371 e. The van der Waals surface area contributed by atoms with Gasteiger partial charge in [-0.3, -0.25) is 0 Å². The van der Waals surface area contributed by atoms with Crippen molar-refractivity contribution in [3.05, 3.63) is 28.8 Å². The molecule has 2 nitrogen and oxygen atoms in total. The normalized spacial score (nSPS) is 11.0. The molecule has 0 aliphatic heterocycles. The van der Waals surface area contributed by atoms with Crippen molar-refractivity contribution < 1.29 is 0 Å². The maximum Gasteiger partial charge on any atom is 0.0471 e. The highest BCUT2D eigenvalue weighted by Crippen LogP contribution is 2.29. The van der Waals surface area contributed by atoms with Gasteiger partial charge in [0.1, 0.15) is 0 Å². The van der Waals surface area contributed by atoms with Gasteiger partial charge in [-0.2, -0.15) is 0 Å². The third-order valence-electron chi connectivity index (χ3n) is 3.52. The summed E-state index contributed by atoms with van der Waals surface area (Å²) in [6.07, 6.45) is 2.31. The zero-order valence-corrected chi connectivity index (χ0v) is 12.7. The summed E-state index contributed by atoms with van der Waals surface area (Å²) >= 11 is 6.33. The third-order valence-corrected chi connectivity index (χ3v) is 3.87. The average Bonchev–Trinajstić information content (AvgIpc) is 2.38. The Morgan fingerprint density at radius 2 is 1.89 bits per heavy atom. The minimum absolute atomic E-state index is 0.573. The van der Waals surface area contributed by atoms with Crippen molar-refractivity contribution >= 4 is 17.3 Å². The van der Waals surface area contributed by atoms with E-state index < -0.39 is 0 Å². The van der Waals surface area contributed by atoms with E-state index in [9.17, 15) is 0 Å². The lowest BCUT2D eigenvalue weighted by Crippen LogP contribution is -2.31. The SMILES string of the molecule is CCNCc1c(Cl)cccc1N(C)C(CC)CC. The van der Waals surface area contributed by atoms with Crippen LogP contribution in [0.4, 0.5) is 5.69 Å². The molecule has 3 heteroatoms. The lowest BCUT2D eigenvalue weighted by molar-refractivity contribution is 0.588. The summed E-state index contributed by atoms with van der Waals surface area (Å²) < 4.78 is 0. The predicted octanol–water partition coefficient (Wildman–Crippen LogP) is 4.07. The lowest BCUT2D eigenvalue weighted by atomic mass is 10.1. The molecule has 1 rings (SSSR count). The van der Waals surface area contributed by atoms with E-state index in [2.05, 4.69) is 44.1 Å². The number of nitrogens with zero attached hydrogens (tertiary/aromatic N) is 1. The second kappa shape index (κ2) is 7.65. The van der Waals surface area contributed by atoms with Gasteiger partial charge in [-0.25, -0.2) is 0 Å². The van der Waals surface area contributed by atoms with Crippen molar-refractivity contribution in [2.45, 2.75) is 46.2 Å². The fraction of sp³-hybridized carbons (Fsp3) is 0.600. The highest BCUT2D eigenvalue weighted by atomic mass is 35.5. The van der Waals surface area contributed by atoms with Gasteiger partial charge in [0.2, 0.25) is 0 Å². The molecule has 0 radical (unpaired) electrons. The highest BCUT2D eigenvalue weighted by molar-refractivity contribution is 6.31. The molecule has 0 amide bonds. The maximum atomic E-state index is 6.33. The summed E-state index contributed by atoms with van der Waals surface area (Å²) in [4.78, 5) is 2.36. The molecule has 102 valence electrons. The van der Waals surface area contributed by atoms with Crippen LogP contribution in [0.25, 0.3) is 0 Å². The Labute approximate surface area is 116 Å². The van der Waals surface area contributed by atoms with Crippen molar-refractivity contribution in [1.82, 2.24) is 5.32 Å². The first-order valence-electron chi connectivity index (χ1n) is 6.86.